The number of nitrogens with one attached hydrogen (secondary N) is 1. The highest BCUT2D eigenvalue weighted by Crippen LogP contribution is 2.17. The lowest BCUT2D eigenvalue weighted by Crippen LogP contribution is -1.99. The fourth-order valence-electron chi connectivity index (χ4n) is 2.07. The van der Waals surface area contributed by atoms with Crippen molar-refractivity contribution in [1.82, 2.24) is 4.98 Å². The number of aromatic nitrogens is 1. The van der Waals surface area contributed by atoms with Gasteiger partial charge in [0.1, 0.15) is 0 Å². The monoisotopic (exact) mass is 234 g/mol. The van der Waals surface area contributed by atoms with Crippen LogP contribution < -0.4 is 5.32 Å². The third-order valence-corrected chi connectivity index (χ3v) is 2.99. The van der Waals surface area contributed by atoms with Crippen LogP contribution in [0.15, 0.2) is 66.9 Å². The maximum atomic E-state index is 4.37. The summed E-state index contributed by atoms with van der Waals surface area (Å²) in [6, 6.07) is 20.6. The number of pyridine rings is 1. The topological polar surface area (TPSA) is 24.9 Å². The summed E-state index contributed by atoms with van der Waals surface area (Å²) in [5.74, 6) is 0. The van der Waals surface area contributed by atoms with Crippen molar-refractivity contribution in [2.75, 3.05) is 5.32 Å². The van der Waals surface area contributed by atoms with Gasteiger partial charge in [-0.1, -0.05) is 36.4 Å². The molecule has 2 aromatic carbocycles. The predicted octanol–water partition coefficient (Wildman–Crippen LogP) is 3.85. The standard InChI is InChI=1S/C16H14N2/c1-2-7-14(8-3-1)18-12-13-6-4-10-16-15(13)9-5-11-17-16/h1-11,18H,12H2. The van der Waals surface area contributed by atoms with E-state index in [4.69, 9.17) is 0 Å². The molecule has 0 radical (unpaired) electrons. The molecular weight excluding hydrogens is 220 g/mol. The number of benzene rings is 2. The van der Waals surface area contributed by atoms with Gasteiger partial charge >= 0.3 is 0 Å². The molecule has 0 atom stereocenters. The van der Waals surface area contributed by atoms with Crippen LogP contribution in [0.4, 0.5) is 5.69 Å². The fraction of sp³-hybridized carbons (Fsp3) is 0.0625. The summed E-state index contributed by atoms with van der Waals surface area (Å²) >= 11 is 0. The number of nitrogens with zero attached hydrogens (tertiary/aromatic N) is 1. The van der Waals surface area contributed by atoms with Crippen LogP contribution in [-0.2, 0) is 6.54 Å². The molecule has 18 heavy (non-hydrogen) atoms. The highest BCUT2D eigenvalue weighted by molar-refractivity contribution is 5.82. The molecule has 1 aromatic heterocycles. The molecule has 88 valence electrons. The van der Waals surface area contributed by atoms with Crippen molar-refractivity contribution in [1.29, 1.82) is 0 Å². The second-order valence-corrected chi connectivity index (χ2v) is 4.21. The van der Waals surface area contributed by atoms with E-state index in [1.165, 1.54) is 10.9 Å². The van der Waals surface area contributed by atoms with E-state index in [0.29, 0.717) is 0 Å². The zero-order chi connectivity index (χ0) is 12.2. The van der Waals surface area contributed by atoms with Crippen LogP contribution >= 0.6 is 0 Å². The highest BCUT2D eigenvalue weighted by Gasteiger charge is 2.00. The highest BCUT2D eigenvalue weighted by atomic mass is 14.9. The number of para-hydroxylation sites is 1. The van der Waals surface area contributed by atoms with Gasteiger partial charge in [0.05, 0.1) is 5.52 Å². The lowest BCUT2D eigenvalue weighted by atomic mass is 10.1. The van der Waals surface area contributed by atoms with Gasteiger partial charge in [0.25, 0.3) is 0 Å². The molecule has 3 aromatic rings. The molecule has 2 nitrogen and oxygen atoms in total. The molecule has 0 spiro atoms. The molecule has 0 saturated carbocycles. The van der Waals surface area contributed by atoms with Gasteiger partial charge in [-0.3, -0.25) is 4.98 Å². The molecule has 0 amide bonds. The SMILES string of the molecule is c1ccc(NCc2cccc3ncccc23)cc1. The molecule has 0 aliphatic heterocycles. The van der Waals surface area contributed by atoms with Crippen LogP contribution in [-0.4, -0.2) is 4.98 Å². The summed E-state index contributed by atoms with van der Waals surface area (Å²) in [5, 5.41) is 4.64. The number of anilines is 1. The average Bonchev–Trinajstić information content (AvgIpc) is 2.46. The first-order valence-corrected chi connectivity index (χ1v) is 6.05. The smallest absolute Gasteiger partial charge is 0.0705 e. The number of rotatable bonds is 3. The first-order valence-electron chi connectivity index (χ1n) is 6.05. The van der Waals surface area contributed by atoms with Crippen molar-refractivity contribution < 1.29 is 0 Å². The van der Waals surface area contributed by atoms with E-state index in [-0.39, 0.29) is 0 Å². The Hall–Kier alpha value is -2.35. The summed E-state index contributed by atoms with van der Waals surface area (Å²) in [7, 11) is 0. The third-order valence-electron chi connectivity index (χ3n) is 2.99. The van der Waals surface area contributed by atoms with E-state index in [0.717, 1.165) is 17.7 Å². The average molecular weight is 234 g/mol. The Kier molecular flexibility index (Phi) is 2.92. The van der Waals surface area contributed by atoms with Crippen LogP contribution in [0.3, 0.4) is 0 Å². The first kappa shape index (κ1) is 10.8. The van der Waals surface area contributed by atoms with Gasteiger partial charge < -0.3 is 5.32 Å². The molecule has 0 bridgehead atoms. The molecule has 3 rings (SSSR count). The van der Waals surface area contributed by atoms with Gasteiger partial charge in [0, 0.05) is 23.8 Å². The molecule has 0 aliphatic rings. The Labute approximate surface area is 106 Å². The Morgan fingerprint density at radius 3 is 2.61 bits per heavy atom. The van der Waals surface area contributed by atoms with E-state index in [1.54, 1.807) is 0 Å². The van der Waals surface area contributed by atoms with Gasteiger partial charge in [0.15, 0.2) is 0 Å². The van der Waals surface area contributed by atoms with Crippen LogP contribution in [0.25, 0.3) is 10.9 Å². The number of hydrogen-bond donors (Lipinski definition) is 1. The lowest BCUT2D eigenvalue weighted by molar-refractivity contribution is 1.16. The van der Waals surface area contributed by atoms with E-state index in [2.05, 4.69) is 40.6 Å². The third kappa shape index (κ3) is 2.18. The van der Waals surface area contributed by atoms with Gasteiger partial charge in [-0.2, -0.15) is 0 Å². The van der Waals surface area contributed by atoms with Crippen molar-refractivity contribution in [2.45, 2.75) is 6.54 Å². The number of fused-ring (bicyclic) bond motifs is 1. The minimum Gasteiger partial charge on any atom is -0.381 e. The van der Waals surface area contributed by atoms with Gasteiger partial charge in [-0.25, -0.2) is 0 Å². The second-order valence-electron chi connectivity index (χ2n) is 4.21. The maximum absolute atomic E-state index is 4.37. The molecule has 0 fully saturated rings. The van der Waals surface area contributed by atoms with Crippen molar-refractivity contribution in [3.63, 3.8) is 0 Å². The van der Waals surface area contributed by atoms with Gasteiger partial charge in [0.2, 0.25) is 0 Å². The zero-order valence-electron chi connectivity index (χ0n) is 10.0. The summed E-state index contributed by atoms with van der Waals surface area (Å²) in [5.41, 5.74) is 3.45. The van der Waals surface area contributed by atoms with E-state index in [9.17, 15) is 0 Å². The lowest BCUT2D eigenvalue weighted by Gasteiger charge is -2.08. The van der Waals surface area contributed by atoms with Crippen LogP contribution in [0.2, 0.25) is 0 Å². The first-order chi connectivity index (χ1) is 8.93. The van der Waals surface area contributed by atoms with Crippen molar-refractivity contribution in [2.24, 2.45) is 0 Å². The molecular formula is C16H14N2. The van der Waals surface area contributed by atoms with Crippen LogP contribution in [0.1, 0.15) is 5.56 Å². The molecule has 2 heteroatoms. The minimum absolute atomic E-state index is 0.813. The Balaban J connectivity index is 1.87. The summed E-state index contributed by atoms with van der Waals surface area (Å²) in [4.78, 5) is 4.37. The van der Waals surface area contributed by atoms with Crippen LogP contribution in [0.5, 0.6) is 0 Å². The summed E-state index contributed by atoms with van der Waals surface area (Å²) < 4.78 is 0. The molecule has 1 N–H and O–H groups in total. The van der Waals surface area contributed by atoms with Gasteiger partial charge in [-0.05, 0) is 29.8 Å². The number of hydrogen-bond acceptors (Lipinski definition) is 2. The van der Waals surface area contributed by atoms with Gasteiger partial charge in [-0.15, -0.1) is 0 Å². The van der Waals surface area contributed by atoms with Crippen molar-refractivity contribution >= 4 is 16.6 Å². The summed E-state index contributed by atoms with van der Waals surface area (Å²) in [6.45, 7) is 0.813. The normalized spacial score (nSPS) is 10.4. The Bertz CT molecular complexity index is 642. The van der Waals surface area contributed by atoms with E-state index >= 15 is 0 Å². The van der Waals surface area contributed by atoms with Crippen molar-refractivity contribution in [3.05, 3.63) is 72.4 Å². The Morgan fingerprint density at radius 2 is 1.72 bits per heavy atom. The molecule has 0 aliphatic carbocycles. The molecule has 1 heterocycles. The maximum Gasteiger partial charge on any atom is 0.0705 e. The zero-order valence-corrected chi connectivity index (χ0v) is 10.0. The minimum atomic E-state index is 0.813. The van der Waals surface area contributed by atoms with Crippen molar-refractivity contribution in [3.8, 4) is 0 Å². The molecule has 0 saturated heterocycles. The largest absolute Gasteiger partial charge is 0.381 e. The fourth-order valence-corrected chi connectivity index (χ4v) is 2.07. The summed E-state index contributed by atoms with van der Waals surface area (Å²) in [6.07, 6.45) is 1.83. The van der Waals surface area contributed by atoms with Crippen LogP contribution in [0, 0.1) is 0 Å². The van der Waals surface area contributed by atoms with E-state index < -0.39 is 0 Å². The predicted molar refractivity (Wildman–Crippen MR) is 75.5 cm³/mol. The van der Waals surface area contributed by atoms with E-state index in [1.807, 2.05) is 36.5 Å². The second kappa shape index (κ2) is 4.88. The quantitative estimate of drug-likeness (QED) is 0.744. The Morgan fingerprint density at radius 1 is 0.833 bits per heavy atom. The molecule has 0 unspecified atom stereocenters.